The van der Waals surface area contributed by atoms with Gasteiger partial charge in [-0.2, -0.15) is 0 Å². The van der Waals surface area contributed by atoms with Crippen molar-refractivity contribution < 1.29 is 37.3 Å². The summed E-state index contributed by atoms with van der Waals surface area (Å²) in [5.41, 5.74) is 1.34. The predicted molar refractivity (Wildman–Crippen MR) is 107 cm³/mol. The van der Waals surface area contributed by atoms with Gasteiger partial charge in [-0.1, -0.05) is 12.1 Å². The van der Waals surface area contributed by atoms with Gasteiger partial charge in [0.15, 0.2) is 37.0 Å². The third kappa shape index (κ3) is 3.10. The van der Waals surface area contributed by atoms with Crippen molar-refractivity contribution in [2.45, 2.75) is 18.4 Å². The van der Waals surface area contributed by atoms with Crippen LogP contribution < -0.4 is 9.47 Å². The number of hydrogen-bond acceptors (Lipinski definition) is 8. The number of aromatic nitrogens is 1. The van der Waals surface area contributed by atoms with Crippen LogP contribution in [0.15, 0.2) is 35.1 Å². The molecule has 9 nitrogen and oxygen atoms in total. The number of amides is 2. The minimum absolute atomic E-state index is 0.0344. The summed E-state index contributed by atoms with van der Waals surface area (Å²) < 4.78 is 40.0. The SMILES string of the molecule is COCOc1c2c(c(OCOC)c3ocnc13)C(=O)N(C1CC1c1ccc(F)cc1)C2=O. The number of hydrogen-bond donors (Lipinski definition) is 0. The number of rotatable bonds is 8. The second-order valence-electron chi connectivity index (χ2n) is 7.48. The van der Waals surface area contributed by atoms with E-state index in [4.69, 9.17) is 23.4 Å². The number of halogens is 1. The number of fused-ring (bicyclic) bond motifs is 2. The largest absolute Gasteiger partial charge is 0.464 e. The lowest BCUT2D eigenvalue weighted by Crippen LogP contribution is -2.33. The highest BCUT2D eigenvalue weighted by Crippen LogP contribution is 2.51. The van der Waals surface area contributed by atoms with Gasteiger partial charge in [0.05, 0.1) is 0 Å². The van der Waals surface area contributed by atoms with Gasteiger partial charge in [-0.15, -0.1) is 0 Å². The van der Waals surface area contributed by atoms with Crippen molar-refractivity contribution in [3.8, 4) is 11.5 Å². The Labute approximate surface area is 181 Å². The lowest BCUT2D eigenvalue weighted by Gasteiger charge is -2.14. The van der Waals surface area contributed by atoms with Crippen LogP contribution in [0.25, 0.3) is 11.1 Å². The minimum Gasteiger partial charge on any atom is -0.464 e. The Bertz CT molecular complexity index is 1150. The van der Waals surface area contributed by atoms with Crippen LogP contribution >= 0.6 is 0 Å². The normalized spacial score (nSPS) is 19.5. The van der Waals surface area contributed by atoms with Crippen molar-refractivity contribution in [3.63, 3.8) is 0 Å². The molecule has 1 aliphatic carbocycles. The molecule has 2 aromatic carbocycles. The molecule has 2 unspecified atom stereocenters. The van der Waals surface area contributed by atoms with Crippen LogP contribution in [0.4, 0.5) is 4.39 Å². The fourth-order valence-corrected chi connectivity index (χ4v) is 4.12. The van der Waals surface area contributed by atoms with Crippen LogP contribution in [-0.2, 0) is 9.47 Å². The highest BCUT2D eigenvalue weighted by Gasteiger charge is 2.54. The third-order valence-electron chi connectivity index (χ3n) is 5.59. The molecule has 1 saturated carbocycles. The summed E-state index contributed by atoms with van der Waals surface area (Å²) in [6.45, 7) is -0.320. The molecule has 1 aromatic heterocycles. The molecule has 10 heteroatoms. The maximum absolute atomic E-state index is 13.5. The Balaban J connectivity index is 1.58. The van der Waals surface area contributed by atoms with Gasteiger partial charge in [0.2, 0.25) is 5.58 Å². The van der Waals surface area contributed by atoms with Crippen molar-refractivity contribution in [2.24, 2.45) is 0 Å². The second kappa shape index (κ2) is 7.88. The topological polar surface area (TPSA) is 100 Å². The zero-order valence-corrected chi connectivity index (χ0v) is 17.3. The summed E-state index contributed by atoms with van der Waals surface area (Å²) in [7, 11) is 2.87. The van der Waals surface area contributed by atoms with Crippen LogP contribution in [0.2, 0.25) is 0 Å². The molecule has 1 aliphatic heterocycles. The highest BCUT2D eigenvalue weighted by molar-refractivity contribution is 6.27. The van der Waals surface area contributed by atoms with Crippen molar-refractivity contribution in [1.29, 1.82) is 0 Å². The van der Waals surface area contributed by atoms with E-state index in [1.807, 2.05) is 0 Å². The molecule has 0 radical (unpaired) electrons. The average molecular weight is 442 g/mol. The van der Waals surface area contributed by atoms with Gasteiger partial charge < -0.3 is 23.4 Å². The van der Waals surface area contributed by atoms with Gasteiger partial charge in [0, 0.05) is 26.2 Å². The van der Waals surface area contributed by atoms with Crippen molar-refractivity contribution in [1.82, 2.24) is 9.88 Å². The van der Waals surface area contributed by atoms with E-state index in [0.717, 1.165) is 5.56 Å². The maximum Gasteiger partial charge on any atom is 0.265 e. The monoisotopic (exact) mass is 442 g/mol. The molecular formula is C22H19FN2O7. The van der Waals surface area contributed by atoms with Crippen LogP contribution in [0.3, 0.4) is 0 Å². The van der Waals surface area contributed by atoms with E-state index in [0.29, 0.717) is 6.42 Å². The summed E-state index contributed by atoms with van der Waals surface area (Å²) in [6, 6.07) is 5.68. The maximum atomic E-state index is 13.5. The van der Waals surface area contributed by atoms with Gasteiger partial charge in [-0.25, -0.2) is 9.37 Å². The lowest BCUT2D eigenvalue weighted by molar-refractivity contribution is 0.0484. The molecule has 32 heavy (non-hydrogen) atoms. The summed E-state index contributed by atoms with van der Waals surface area (Å²) in [5, 5.41) is 0. The van der Waals surface area contributed by atoms with Crippen molar-refractivity contribution in [3.05, 3.63) is 53.2 Å². The summed E-state index contributed by atoms with van der Waals surface area (Å²) in [6.07, 6.45) is 1.76. The molecule has 3 aromatic rings. The predicted octanol–water partition coefficient (Wildman–Crippen LogP) is 3.08. The first-order valence-corrected chi connectivity index (χ1v) is 9.86. The molecule has 166 valence electrons. The van der Waals surface area contributed by atoms with Gasteiger partial charge in [0.25, 0.3) is 11.8 Å². The molecule has 2 heterocycles. The lowest BCUT2D eigenvalue weighted by atomic mass is 10.1. The van der Waals surface area contributed by atoms with E-state index in [9.17, 15) is 14.0 Å². The smallest absolute Gasteiger partial charge is 0.265 e. The van der Waals surface area contributed by atoms with E-state index in [2.05, 4.69) is 4.98 Å². The van der Waals surface area contributed by atoms with E-state index < -0.39 is 11.8 Å². The molecular weight excluding hydrogens is 423 g/mol. The minimum atomic E-state index is -0.522. The fraction of sp³-hybridized carbons (Fsp3) is 0.318. The number of nitrogens with zero attached hydrogens (tertiary/aromatic N) is 2. The molecule has 0 saturated heterocycles. The number of methoxy groups -OCH3 is 2. The standard InChI is InChI=1S/C22H19FN2O7/c1-28-9-31-18-15-16(19(32-10-29-2)20-17(18)24-8-30-20)22(27)25(21(15)26)14-7-13(14)11-3-5-12(23)6-4-11/h3-6,8,13-14H,7,9-10H2,1-2H3. The Morgan fingerprint density at radius 3 is 2.31 bits per heavy atom. The average Bonchev–Trinajstić information content (AvgIpc) is 3.31. The van der Waals surface area contributed by atoms with E-state index in [1.54, 1.807) is 12.1 Å². The third-order valence-corrected chi connectivity index (χ3v) is 5.59. The first-order chi connectivity index (χ1) is 15.6. The van der Waals surface area contributed by atoms with E-state index in [-0.39, 0.29) is 65.1 Å². The van der Waals surface area contributed by atoms with Gasteiger partial charge in [-0.05, 0) is 24.1 Å². The Kier molecular flexibility index (Phi) is 5.03. The number of ether oxygens (including phenoxy) is 4. The van der Waals surface area contributed by atoms with Crippen LogP contribution in [0, 0.1) is 5.82 Å². The molecule has 2 aliphatic rings. The number of carbonyl (C=O) groups excluding carboxylic acids is 2. The zero-order valence-electron chi connectivity index (χ0n) is 17.3. The molecule has 5 rings (SSSR count). The second-order valence-corrected chi connectivity index (χ2v) is 7.48. The molecule has 1 fully saturated rings. The van der Waals surface area contributed by atoms with E-state index >= 15 is 0 Å². The number of benzene rings is 2. The Morgan fingerprint density at radius 1 is 1.03 bits per heavy atom. The Hall–Kier alpha value is -3.50. The first-order valence-electron chi connectivity index (χ1n) is 9.86. The van der Waals surface area contributed by atoms with Crippen LogP contribution in [0.1, 0.15) is 38.6 Å². The first kappa shape index (κ1) is 20.4. The number of carbonyl (C=O) groups is 2. The molecule has 2 amide bonds. The summed E-state index contributed by atoms with van der Waals surface area (Å²) >= 11 is 0. The van der Waals surface area contributed by atoms with Crippen molar-refractivity contribution >= 4 is 22.9 Å². The Morgan fingerprint density at radius 2 is 1.66 bits per heavy atom. The highest BCUT2D eigenvalue weighted by atomic mass is 19.1. The van der Waals surface area contributed by atoms with Crippen LogP contribution in [-0.4, -0.2) is 55.5 Å². The number of oxazole rings is 1. The summed E-state index contributed by atoms with van der Waals surface area (Å²) in [5.74, 6) is -1.30. The van der Waals surface area contributed by atoms with Gasteiger partial charge in [-0.3, -0.25) is 14.5 Å². The summed E-state index contributed by atoms with van der Waals surface area (Å²) in [4.78, 5) is 32.3. The molecule has 0 bridgehead atoms. The molecule has 0 N–H and O–H groups in total. The zero-order chi connectivity index (χ0) is 22.4. The van der Waals surface area contributed by atoms with Gasteiger partial charge >= 0.3 is 0 Å². The number of imide groups is 1. The van der Waals surface area contributed by atoms with Gasteiger partial charge in [0.1, 0.15) is 16.9 Å². The quantitative estimate of drug-likeness (QED) is 0.388. The molecule has 0 spiro atoms. The van der Waals surface area contributed by atoms with Crippen molar-refractivity contribution in [2.75, 3.05) is 27.8 Å². The molecule has 2 atom stereocenters. The van der Waals surface area contributed by atoms with Crippen LogP contribution in [0.5, 0.6) is 11.5 Å². The van der Waals surface area contributed by atoms with E-state index in [1.165, 1.54) is 37.6 Å². The fourth-order valence-electron chi connectivity index (χ4n) is 4.12.